The summed E-state index contributed by atoms with van der Waals surface area (Å²) < 4.78 is 6.39. The van der Waals surface area contributed by atoms with E-state index in [9.17, 15) is 14.4 Å². The lowest BCUT2D eigenvalue weighted by molar-refractivity contribution is -0.141. The first-order valence-electron chi connectivity index (χ1n) is 9.38. The molecule has 1 aliphatic heterocycles. The number of amides is 3. The summed E-state index contributed by atoms with van der Waals surface area (Å²) in [6.07, 6.45) is 2.09. The number of carbonyl (C=O) groups excluding carboxylic acids is 3. The molecule has 1 fully saturated rings. The molecule has 1 saturated heterocycles. The second-order valence-corrected chi connectivity index (χ2v) is 6.43. The zero-order valence-electron chi connectivity index (χ0n) is 15.8. The minimum atomic E-state index is -0.487. The molecule has 0 unspecified atom stereocenters. The topological polar surface area (TPSA) is 118 Å². The van der Waals surface area contributed by atoms with Gasteiger partial charge in [0.05, 0.1) is 18.7 Å². The van der Waals surface area contributed by atoms with E-state index >= 15 is 0 Å². The van der Waals surface area contributed by atoms with Gasteiger partial charge in [-0.05, 0) is 38.0 Å². The minimum absolute atomic E-state index is 0.0221. The van der Waals surface area contributed by atoms with Crippen LogP contribution < -0.4 is 10.6 Å². The Kier molecular flexibility index (Phi) is 6.41. The Morgan fingerprint density at radius 3 is 2.71 bits per heavy atom. The molecule has 10 heteroatoms. The molecule has 150 valence electrons. The molecular weight excluding hydrogens is 364 g/mol. The Labute approximate surface area is 162 Å². The number of urea groups is 1. The summed E-state index contributed by atoms with van der Waals surface area (Å²) in [6, 6.07) is 4.89. The van der Waals surface area contributed by atoms with Crippen molar-refractivity contribution in [1.29, 1.82) is 0 Å². The number of esters is 1. The minimum Gasteiger partial charge on any atom is -0.465 e. The van der Waals surface area contributed by atoms with Crippen LogP contribution in [0.4, 0.5) is 4.79 Å². The number of ether oxygens (including phenoxy) is 1. The number of rotatable bonds is 7. The first-order valence-corrected chi connectivity index (χ1v) is 9.38. The van der Waals surface area contributed by atoms with Gasteiger partial charge in [-0.15, -0.1) is 5.10 Å². The van der Waals surface area contributed by atoms with Crippen molar-refractivity contribution in [3.05, 3.63) is 23.8 Å². The van der Waals surface area contributed by atoms with Crippen LogP contribution in [0.2, 0.25) is 0 Å². The molecule has 3 rings (SSSR count). The fraction of sp³-hybridized carbons (Fsp3) is 0.500. The molecule has 3 amide bonds. The zero-order chi connectivity index (χ0) is 19.9. The largest absolute Gasteiger partial charge is 0.465 e. The van der Waals surface area contributed by atoms with Crippen LogP contribution >= 0.6 is 0 Å². The van der Waals surface area contributed by atoms with Crippen LogP contribution in [-0.4, -0.2) is 70.6 Å². The van der Waals surface area contributed by atoms with Crippen molar-refractivity contribution in [3.63, 3.8) is 0 Å². The second-order valence-electron chi connectivity index (χ2n) is 6.43. The van der Waals surface area contributed by atoms with Gasteiger partial charge < -0.3 is 20.3 Å². The SMILES string of the molecule is CCOC(=O)CNC(=O)NCCn1nnc2cc(C(=O)N3CCCC3)ccc21. The average molecular weight is 388 g/mol. The fourth-order valence-corrected chi connectivity index (χ4v) is 3.08. The van der Waals surface area contributed by atoms with Gasteiger partial charge in [0.1, 0.15) is 12.1 Å². The third-order valence-electron chi connectivity index (χ3n) is 4.46. The number of aromatic nitrogens is 3. The van der Waals surface area contributed by atoms with Crippen molar-refractivity contribution in [1.82, 2.24) is 30.5 Å². The molecule has 0 bridgehead atoms. The fourth-order valence-electron chi connectivity index (χ4n) is 3.08. The van der Waals surface area contributed by atoms with Crippen molar-refractivity contribution < 1.29 is 19.1 Å². The highest BCUT2D eigenvalue weighted by atomic mass is 16.5. The lowest BCUT2D eigenvalue weighted by Gasteiger charge is -2.14. The third kappa shape index (κ3) is 4.76. The van der Waals surface area contributed by atoms with Crippen molar-refractivity contribution in [2.24, 2.45) is 0 Å². The summed E-state index contributed by atoms with van der Waals surface area (Å²) in [7, 11) is 0. The Morgan fingerprint density at radius 1 is 1.18 bits per heavy atom. The zero-order valence-corrected chi connectivity index (χ0v) is 15.8. The smallest absolute Gasteiger partial charge is 0.325 e. The monoisotopic (exact) mass is 388 g/mol. The number of fused-ring (bicyclic) bond motifs is 1. The quantitative estimate of drug-likeness (QED) is 0.668. The molecule has 28 heavy (non-hydrogen) atoms. The van der Waals surface area contributed by atoms with Crippen molar-refractivity contribution in [2.75, 3.05) is 32.8 Å². The molecule has 0 spiro atoms. The number of benzene rings is 1. The lowest BCUT2D eigenvalue weighted by atomic mass is 10.1. The number of nitrogens with zero attached hydrogens (tertiary/aromatic N) is 4. The molecular formula is C18H24N6O4. The number of hydrogen-bond acceptors (Lipinski definition) is 6. The average Bonchev–Trinajstić information content (AvgIpc) is 3.36. The predicted molar refractivity (Wildman–Crippen MR) is 101 cm³/mol. The highest BCUT2D eigenvalue weighted by Crippen LogP contribution is 2.17. The summed E-state index contributed by atoms with van der Waals surface area (Å²) in [5.41, 5.74) is 2.03. The predicted octanol–water partition coefficient (Wildman–Crippen LogP) is 0.530. The van der Waals surface area contributed by atoms with Gasteiger partial charge in [0, 0.05) is 25.2 Å². The lowest BCUT2D eigenvalue weighted by Crippen LogP contribution is -2.40. The van der Waals surface area contributed by atoms with Gasteiger partial charge in [0.2, 0.25) is 0 Å². The molecule has 0 atom stereocenters. The highest BCUT2D eigenvalue weighted by molar-refractivity contribution is 5.97. The first kappa shape index (κ1) is 19.6. The van der Waals surface area contributed by atoms with Gasteiger partial charge in [0.25, 0.3) is 5.91 Å². The number of likely N-dealkylation sites (tertiary alicyclic amines) is 1. The molecule has 2 heterocycles. The van der Waals surface area contributed by atoms with E-state index in [0.717, 1.165) is 31.4 Å². The molecule has 10 nitrogen and oxygen atoms in total. The molecule has 1 aromatic heterocycles. The van der Waals surface area contributed by atoms with Gasteiger partial charge >= 0.3 is 12.0 Å². The van der Waals surface area contributed by atoms with Crippen LogP contribution in [0.25, 0.3) is 11.0 Å². The molecule has 0 aliphatic carbocycles. The molecule has 1 aromatic carbocycles. The van der Waals surface area contributed by atoms with Crippen LogP contribution in [0.15, 0.2) is 18.2 Å². The van der Waals surface area contributed by atoms with E-state index in [0.29, 0.717) is 24.2 Å². The van der Waals surface area contributed by atoms with E-state index < -0.39 is 12.0 Å². The molecule has 0 saturated carbocycles. The van der Waals surface area contributed by atoms with Gasteiger partial charge in [-0.25, -0.2) is 9.48 Å². The number of carbonyl (C=O) groups is 3. The van der Waals surface area contributed by atoms with Crippen molar-refractivity contribution in [3.8, 4) is 0 Å². The maximum Gasteiger partial charge on any atom is 0.325 e. The van der Waals surface area contributed by atoms with Gasteiger partial charge in [0.15, 0.2) is 0 Å². The third-order valence-corrected chi connectivity index (χ3v) is 4.46. The van der Waals surface area contributed by atoms with Crippen molar-refractivity contribution in [2.45, 2.75) is 26.3 Å². The first-order chi connectivity index (χ1) is 13.6. The number of hydrogen-bond donors (Lipinski definition) is 2. The van der Waals surface area contributed by atoms with Crippen molar-refractivity contribution >= 4 is 28.9 Å². The van der Waals surface area contributed by atoms with Gasteiger partial charge in [-0.2, -0.15) is 0 Å². The Bertz CT molecular complexity index is 859. The van der Waals surface area contributed by atoms with E-state index in [1.54, 1.807) is 23.7 Å². The molecule has 2 aromatic rings. The normalized spacial score (nSPS) is 13.5. The number of nitrogens with one attached hydrogen (secondary N) is 2. The maximum atomic E-state index is 12.5. The summed E-state index contributed by atoms with van der Waals surface area (Å²) in [4.78, 5) is 37.2. The van der Waals surface area contributed by atoms with Crippen LogP contribution in [0.5, 0.6) is 0 Å². The Morgan fingerprint density at radius 2 is 1.96 bits per heavy atom. The van der Waals surface area contributed by atoms with Crippen LogP contribution in [-0.2, 0) is 16.1 Å². The standard InChI is InChI=1S/C18H24N6O4/c1-2-28-16(25)12-20-18(27)19-7-10-24-15-6-5-13(11-14(15)21-22-24)17(26)23-8-3-4-9-23/h5-6,11H,2-4,7-10,12H2,1H3,(H2,19,20,27). The van der Waals surface area contributed by atoms with E-state index in [4.69, 9.17) is 4.74 Å². The van der Waals surface area contributed by atoms with Crippen LogP contribution in [0.1, 0.15) is 30.1 Å². The van der Waals surface area contributed by atoms with E-state index in [1.807, 2.05) is 11.0 Å². The summed E-state index contributed by atoms with van der Waals surface area (Å²) >= 11 is 0. The molecule has 1 aliphatic rings. The van der Waals surface area contributed by atoms with Gasteiger partial charge in [-0.3, -0.25) is 9.59 Å². The van der Waals surface area contributed by atoms with Crippen LogP contribution in [0.3, 0.4) is 0 Å². The summed E-state index contributed by atoms with van der Waals surface area (Å²) in [6.45, 7) is 4.10. The Balaban J connectivity index is 1.52. The summed E-state index contributed by atoms with van der Waals surface area (Å²) in [5, 5.41) is 13.3. The molecule has 0 radical (unpaired) electrons. The summed E-state index contributed by atoms with van der Waals surface area (Å²) in [5.74, 6) is -0.465. The van der Waals surface area contributed by atoms with E-state index in [2.05, 4.69) is 20.9 Å². The van der Waals surface area contributed by atoms with Crippen LogP contribution in [0, 0.1) is 0 Å². The maximum absolute atomic E-state index is 12.5. The van der Waals surface area contributed by atoms with E-state index in [-0.39, 0.29) is 19.1 Å². The van der Waals surface area contributed by atoms with E-state index in [1.165, 1.54) is 0 Å². The second kappa shape index (κ2) is 9.16. The Hall–Kier alpha value is -3.17. The van der Waals surface area contributed by atoms with Gasteiger partial charge in [-0.1, -0.05) is 5.21 Å². The highest BCUT2D eigenvalue weighted by Gasteiger charge is 2.20. The molecule has 2 N–H and O–H groups in total.